The van der Waals surface area contributed by atoms with Gasteiger partial charge >= 0.3 is 0 Å². The van der Waals surface area contributed by atoms with E-state index in [0.29, 0.717) is 11.6 Å². The molecule has 0 radical (unpaired) electrons. The van der Waals surface area contributed by atoms with Crippen LogP contribution in [-0.4, -0.2) is 34.9 Å². The van der Waals surface area contributed by atoms with Crippen LogP contribution in [0.2, 0.25) is 0 Å². The Hall–Kier alpha value is -16.6. The number of pyridine rings is 1. The predicted octanol–water partition coefficient (Wildman–Crippen LogP) is 31.7. The zero-order chi connectivity index (χ0) is 85.0. The van der Waals surface area contributed by atoms with Gasteiger partial charge in [-0.1, -0.05) is 328 Å². The molecule has 0 bridgehead atoms. The fourth-order valence-corrected chi connectivity index (χ4v) is 21.7. The summed E-state index contributed by atoms with van der Waals surface area (Å²) in [5.41, 5.74) is 26.9. The first kappa shape index (κ1) is 75.0. The van der Waals surface area contributed by atoms with E-state index in [9.17, 15) is 0 Å². The number of para-hydroxylation sites is 4. The van der Waals surface area contributed by atoms with Crippen molar-refractivity contribution in [2.45, 2.75) is 5.41 Å². The molecule has 27 rings (SSSR count). The van der Waals surface area contributed by atoms with Crippen molar-refractivity contribution in [1.82, 2.24) is 34.9 Å². The van der Waals surface area contributed by atoms with Gasteiger partial charge in [-0.05, 0) is 152 Å². The Kier molecular flexibility index (Phi) is 18.0. The Bertz CT molecular complexity index is 8920. The quantitative estimate of drug-likeness (QED) is 0.132. The van der Waals surface area contributed by atoms with E-state index in [1.807, 2.05) is 103 Å². The van der Waals surface area contributed by atoms with Crippen LogP contribution >= 0.6 is 22.7 Å². The summed E-state index contributed by atoms with van der Waals surface area (Å²) >= 11 is 3.61. The van der Waals surface area contributed by atoms with Gasteiger partial charge in [0.15, 0.2) is 17.5 Å². The van der Waals surface area contributed by atoms with Crippen LogP contribution in [0.15, 0.2) is 440 Å². The van der Waals surface area contributed by atoms with E-state index in [2.05, 4.69) is 345 Å². The molecule has 8 heterocycles. The number of hydrogen-bond donors (Lipinski definition) is 0. The molecule has 0 atom stereocenters. The van der Waals surface area contributed by atoms with Gasteiger partial charge in [0.05, 0.1) is 39.0 Å². The van der Waals surface area contributed by atoms with Crippen molar-refractivity contribution in [1.29, 1.82) is 0 Å². The van der Waals surface area contributed by atoms with Crippen LogP contribution in [-0.2, 0) is 5.41 Å². The first-order valence-corrected chi connectivity index (χ1v) is 44.9. The maximum atomic E-state index is 6.46. The van der Waals surface area contributed by atoms with Crippen molar-refractivity contribution in [3.8, 4) is 101 Å². The minimum atomic E-state index is -0.522. The first-order valence-electron chi connectivity index (χ1n) is 43.3. The molecule has 11 heteroatoms. The topological polar surface area (TPSA) is 117 Å². The lowest BCUT2D eigenvalue weighted by molar-refractivity contribution is 0.669. The van der Waals surface area contributed by atoms with E-state index in [0.717, 1.165) is 149 Å². The fraction of sp³-hybridized carbons (Fsp3) is 0.00847. The number of thiophene rings is 2. The van der Waals surface area contributed by atoms with Crippen molar-refractivity contribution in [2.75, 3.05) is 0 Å². The standard InChI is InChI=1S/C56H33N3OS.C32H20N2S.C30H18N2O/c1-3-13-36(14-4-1)56(37-15-5-2-6-16-37)47-23-9-7-17-39(47)40-27-25-35(32-48(40)56)52-46-33-57-30-29-49(46)58-55(59-52)44-22-12-21-43-45-31-34(26-28-51(45)61-54(43)44)38-19-11-20-42-41-18-8-10-24-50(41)60-53(38)42;1-2-8-21(9-3-1)22-14-16-23(17-15-22)31-27-11-4-6-12-28(27)33-32(34-31)24-18-19-26-25-10-5-7-13-29(25)35-30(26)20-24;1-2-8-19(9-3-1)29-23-12-6-7-13-26(23)31-30(32-29)22-14-15-27-24(17-22)25-16-20-10-4-5-11-21(20)18-28(25)33-27/h1-33H;1-20H;1-18H. The van der Waals surface area contributed by atoms with Crippen LogP contribution in [0.25, 0.3) is 229 Å². The number of hydrogen-bond acceptors (Lipinski definition) is 11. The van der Waals surface area contributed by atoms with E-state index < -0.39 is 5.41 Å². The summed E-state index contributed by atoms with van der Waals surface area (Å²) in [6, 6.07) is 148. The van der Waals surface area contributed by atoms with E-state index in [4.69, 9.17) is 38.7 Å². The van der Waals surface area contributed by atoms with Gasteiger partial charge in [-0.2, -0.15) is 0 Å². The van der Waals surface area contributed by atoms with E-state index >= 15 is 0 Å². The number of nitrogens with zero attached hydrogens (tertiary/aromatic N) is 7. The summed E-state index contributed by atoms with van der Waals surface area (Å²) < 4.78 is 17.6. The smallest absolute Gasteiger partial charge is 0.161 e. The molecule has 0 N–H and O–H groups in total. The lowest BCUT2D eigenvalue weighted by Gasteiger charge is -2.34. The van der Waals surface area contributed by atoms with Crippen molar-refractivity contribution in [2.24, 2.45) is 0 Å². The predicted molar refractivity (Wildman–Crippen MR) is 535 cm³/mol. The Morgan fingerprint density at radius 2 is 0.713 bits per heavy atom. The minimum absolute atomic E-state index is 0.522. The van der Waals surface area contributed by atoms with Crippen molar-refractivity contribution >= 4 is 150 Å². The second-order valence-corrected chi connectivity index (χ2v) is 34.9. The monoisotopic (exact) mass is 1680 g/mol. The van der Waals surface area contributed by atoms with E-state index in [-0.39, 0.29) is 0 Å². The van der Waals surface area contributed by atoms with Gasteiger partial charge in [0.2, 0.25) is 0 Å². The maximum Gasteiger partial charge on any atom is 0.161 e. The molecule has 26 aromatic rings. The molecule has 0 aliphatic heterocycles. The molecular formula is C118H71N7O2S2. The number of furan rings is 2. The van der Waals surface area contributed by atoms with Gasteiger partial charge in [-0.3, -0.25) is 4.98 Å². The Morgan fingerprint density at radius 1 is 0.225 bits per heavy atom. The van der Waals surface area contributed by atoms with E-state index in [1.165, 1.54) is 90.9 Å². The van der Waals surface area contributed by atoms with Gasteiger partial charge in [0.1, 0.15) is 22.3 Å². The lowest BCUT2D eigenvalue weighted by atomic mass is 9.67. The van der Waals surface area contributed by atoms with Crippen LogP contribution in [0.3, 0.4) is 0 Å². The summed E-state index contributed by atoms with van der Waals surface area (Å²) in [7, 11) is 0. The van der Waals surface area contributed by atoms with E-state index in [1.54, 1.807) is 11.3 Å². The van der Waals surface area contributed by atoms with Crippen LogP contribution in [0.4, 0.5) is 0 Å². The number of fused-ring (bicyclic) bond motifs is 19. The molecule has 0 saturated carbocycles. The zero-order valence-electron chi connectivity index (χ0n) is 69.3. The molecule has 129 heavy (non-hydrogen) atoms. The molecular weight excluding hydrogens is 1610 g/mol. The normalized spacial score (nSPS) is 12.2. The second kappa shape index (κ2) is 31.0. The minimum Gasteiger partial charge on any atom is -0.456 e. The van der Waals surface area contributed by atoms with Crippen molar-refractivity contribution in [3.63, 3.8) is 0 Å². The van der Waals surface area contributed by atoms with Gasteiger partial charge in [-0.25, -0.2) is 29.9 Å². The summed E-state index contributed by atoms with van der Waals surface area (Å²) in [6.07, 6.45) is 3.73. The van der Waals surface area contributed by atoms with Gasteiger partial charge in [-0.15, -0.1) is 22.7 Å². The third-order valence-corrected chi connectivity index (χ3v) is 27.8. The van der Waals surface area contributed by atoms with Crippen LogP contribution in [0.5, 0.6) is 0 Å². The molecule has 8 aromatic heterocycles. The van der Waals surface area contributed by atoms with Crippen molar-refractivity contribution < 1.29 is 8.83 Å². The number of rotatable bonds is 10. The Labute approximate surface area is 748 Å². The largest absolute Gasteiger partial charge is 0.456 e. The van der Waals surface area contributed by atoms with Gasteiger partial charge < -0.3 is 8.83 Å². The number of benzene rings is 18. The second-order valence-electron chi connectivity index (χ2n) is 32.8. The van der Waals surface area contributed by atoms with Crippen molar-refractivity contribution in [3.05, 3.63) is 453 Å². The van der Waals surface area contributed by atoms with Gasteiger partial charge in [0.25, 0.3) is 0 Å². The summed E-state index contributed by atoms with van der Waals surface area (Å²) in [5.74, 6) is 2.16. The first-order chi connectivity index (χ1) is 63.9. The molecule has 602 valence electrons. The Morgan fingerprint density at radius 3 is 1.47 bits per heavy atom. The highest BCUT2D eigenvalue weighted by Gasteiger charge is 2.46. The third kappa shape index (κ3) is 12.8. The molecule has 0 spiro atoms. The average Bonchev–Trinajstić information content (AvgIpc) is 1.54. The zero-order valence-corrected chi connectivity index (χ0v) is 70.9. The summed E-state index contributed by atoms with van der Waals surface area (Å²) in [4.78, 5) is 35.3. The molecule has 9 nitrogen and oxygen atoms in total. The molecule has 1 aliphatic rings. The fourth-order valence-electron chi connectivity index (χ4n) is 19.4. The number of aromatic nitrogens is 7. The summed E-state index contributed by atoms with van der Waals surface area (Å²) in [5, 5.41) is 14.8. The Balaban J connectivity index is 0.000000113. The average molecular weight is 1680 g/mol. The van der Waals surface area contributed by atoms with Gasteiger partial charge in [0, 0.05) is 129 Å². The molecule has 0 unspecified atom stereocenters. The SMILES string of the molecule is c1ccc(-c2ccc(-c3nc(-c4ccc5c(c4)sc4ccccc45)nc4ccccc34)cc2)cc1.c1ccc(-c2nc(-c3ccc4oc5cc6ccccc6cc5c4c3)nc3ccccc23)cc1.c1ccc(C2(c3ccccc3)c3ccccc3-c3ccc(-c4nc(-c5cccc6c5sc5ccc(-c7cccc8c7oc7ccccc78)cc56)nc5ccncc45)cc32)cc1. The highest BCUT2D eigenvalue weighted by molar-refractivity contribution is 7.26. The van der Waals surface area contributed by atoms with Crippen LogP contribution in [0, 0.1) is 0 Å². The highest BCUT2D eigenvalue weighted by atomic mass is 32.1. The lowest BCUT2D eigenvalue weighted by Crippen LogP contribution is -2.28. The molecule has 0 amide bonds. The van der Waals surface area contributed by atoms with Crippen LogP contribution < -0.4 is 0 Å². The molecule has 0 saturated heterocycles. The van der Waals surface area contributed by atoms with Crippen LogP contribution in [0.1, 0.15) is 22.3 Å². The maximum absolute atomic E-state index is 6.46. The third-order valence-electron chi connectivity index (χ3n) is 25.4. The molecule has 18 aromatic carbocycles. The molecule has 0 fully saturated rings. The highest BCUT2D eigenvalue weighted by Crippen LogP contribution is 2.57. The summed E-state index contributed by atoms with van der Waals surface area (Å²) in [6.45, 7) is 0. The molecule has 1 aliphatic carbocycles.